The maximum absolute atomic E-state index is 14.1. The van der Waals surface area contributed by atoms with Crippen LogP contribution in [0.25, 0.3) is 11.1 Å². The maximum atomic E-state index is 14.1. The van der Waals surface area contributed by atoms with Gasteiger partial charge in [-0.2, -0.15) is 0 Å². The van der Waals surface area contributed by atoms with Crippen LogP contribution in [0.5, 0.6) is 5.75 Å². The van der Waals surface area contributed by atoms with Gasteiger partial charge in [-0.1, -0.05) is 49.4 Å². The number of carbonyl (C=O) groups excluding carboxylic acids is 2. The standard InChI is InChI=1S/C26H26F2N2O3/c1-4-18-10-8-9-13-20(18)21-14-22(27)23(28)15-24(21)33-16-25(31)30(17(2)3)29-26(32)19-11-6-5-7-12-19/h5-15,17H,4,16H2,1-3H3,(H,29,32). The average Bonchev–Trinajstić information content (AvgIpc) is 2.82. The van der Waals surface area contributed by atoms with Crippen LogP contribution in [0.4, 0.5) is 8.78 Å². The summed E-state index contributed by atoms with van der Waals surface area (Å²) in [6.45, 7) is 4.96. The summed E-state index contributed by atoms with van der Waals surface area (Å²) in [5, 5.41) is 1.16. The molecule has 0 aromatic heterocycles. The molecule has 0 aliphatic heterocycles. The summed E-state index contributed by atoms with van der Waals surface area (Å²) in [4.78, 5) is 25.4. The second-order valence-corrected chi connectivity index (χ2v) is 7.73. The zero-order chi connectivity index (χ0) is 24.0. The number of nitrogens with zero attached hydrogens (tertiary/aromatic N) is 1. The van der Waals surface area contributed by atoms with Gasteiger partial charge in [-0.25, -0.2) is 13.8 Å². The van der Waals surface area contributed by atoms with Crippen molar-refractivity contribution >= 4 is 11.8 Å². The lowest BCUT2D eigenvalue weighted by Gasteiger charge is -2.27. The van der Waals surface area contributed by atoms with E-state index in [0.717, 1.165) is 22.7 Å². The highest BCUT2D eigenvalue weighted by atomic mass is 19.2. The largest absolute Gasteiger partial charge is 0.483 e. The molecule has 0 heterocycles. The number of hydrogen-bond donors (Lipinski definition) is 1. The fourth-order valence-corrected chi connectivity index (χ4v) is 3.40. The molecule has 0 spiro atoms. The molecule has 0 atom stereocenters. The number of ether oxygens (including phenoxy) is 1. The van der Waals surface area contributed by atoms with E-state index in [9.17, 15) is 18.4 Å². The van der Waals surface area contributed by atoms with Crippen LogP contribution < -0.4 is 10.2 Å². The minimum atomic E-state index is -1.08. The molecule has 2 amide bonds. The fourth-order valence-electron chi connectivity index (χ4n) is 3.40. The molecular weight excluding hydrogens is 426 g/mol. The second kappa shape index (κ2) is 10.7. The molecule has 0 saturated carbocycles. The van der Waals surface area contributed by atoms with Crippen molar-refractivity contribution in [1.29, 1.82) is 0 Å². The molecule has 0 bridgehead atoms. The highest BCUT2D eigenvalue weighted by Crippen LogP contribution is 2.34. The van der Waals surface area contributed by atoms with Crippen molar-refractivity contribution in [3.63, 3.8) is 0 Å². The number of aryl methyl sites for hydroxylation is 1. The van der Waals surface area contributed by atoms with Crippen LogP contribution in [0, 0.1) is 11.6 Å². The highest BCUT2D eigenvalue weighted by molar-refractivity contribution is 5.95. The van der Waals surface area contributed by atoms with Crippen LogP contribution in [0.15, 0.2) is 66.7 Å². The van der Waals surface area contributed by atoms with Crippen LogP contribution in [-0.2, 0) is 11.2 Å². The first kappa shape index (κ1) is 23.9. The predicted octanol–water partition coefficient (Wildman–Crippen LogP) is 5.16. The van der Waals surface area contributed by atoms with Crippen LogP contribution in [0.3, 0.4) is 0 Å². The molecule has 3 rings (SSSR count). The Balaban J connectivity index is 1.82. The molecule has 1 N–H and O–H groups in total. The van der Waals surface area contributed by atoms with Gasteiger partial charge in [-0.15, -0.1) is 0 Å². The van der Waals surface area contributed by atoms with Crippen LogP contribution in [-0.4, -0.2) is 29.5 Å². The Morgan fingerprint density at radius 2 is 1.58 bits per heavy atom. The Morgan fingerprint density at radius 3 is 2.24 bits per heavy atom. The van der Waals surface area contributed by atoms with Crippen molar-refractivity contribution in [2.24, 2.45) is 0 Å². The van der Waals surface area contributed by atoms with Crippen molar-refractivity contribution < 1.29 is 23.1 Å². The predicted molar refractivity (Wildman–Crippen MR) is 123 cm³/mol. The Morgan fingerprint density at radius 1 is 0.939 bits per heavy atom. The minimum Gasteiger partial charge on any atom is -0.483 e. The van der Waals surface area contributed by atoms with Crippen molar-refractivity contribution in [2.75, 3.05) is 6.61 Å². The van der Waals surface area contributed by atoms with E-state index in [4.69, 9.17) is 4.74 Å². The molecule has 3 aromatic rings. The number of nitrogens with one attached hydrogen (secondary N) is 1. The summed E-state index contributed by atoms with van der Waals surface area (Å²) in [5.74, 6) is -3.01. The van der Waals surface area contributed by atoms with E-state index in [1.54, 1.807) is 56.3 Å². The normalized spacial score (nSPS) is 10.7. The molecule has 0 aliphatic rings. The van der Waals surface area contributed by atoms with Gasteiger partial charge in [0.1, 0.15) is 5.75 Å². The molecule has 0 unspecified atom stereocenters. The number of rotatable bonds is 7. The van der Waals surface area contributed by atoms with Gasteiger partial charge in [0.15, 0.2) is 18.2 Å². The van der Waals surface area contributed by atoms with Crippen molar-refractivity contribution in [2.45, 2.75) is 33.2 Å². The van der Waals surface area contributed by atoms with E-state index >= 15 is 0 Å². The first-order valence-corrected chi connectivity index (χ1v) is 10.7. The molecule has 172 valence electrons. The molecule has 7 heteroatoms. The van der Waals surface area contributed by atoms with Crippen molar-refractivity contribution in [3.8, 4) is 16.9 Å². The first-order valence-electron chi connectivity index (χ1n) is 10.7. The quantitative estimate of drug-likeness (QED) is 0.504. The Kier molecular flexibility index (Phi) is 7.77. The van der Waals surface area contributed by atoms with E-state index in [1.807, 2.05) is 19.1 Å². The molecular formula is C26H26F2N2O3. The second-order valence-electron chi connectivity index (χ2n) is 7.73. The topological polar surface area (TPSA) is 58.6 Å². The molecule has 0 fully saturated rings. The molecule has 0 radical (unpaired) electrons. The van der Waals surface area contributed by atoms with Crippen molar-refractivity contribution in [1.82, 2.24) is 10.4 Å². The minimum absolute atomic E-state index is 0.0428. The monoisotopic (exact) mass is 452 g/mol. The van der Waals surface area contributed by atoms with Gasteiger partial charge in [0.2, 0.25) is 0 Å². The lowest BCUT2D eigenvalue weighted by Crippen LogP contribution is -2.51. The third-order valence-corrected chi connectivity index (χ3v) is 5.11. The summed E-state index contributed by atoms with van der Waals surface area (Å²) >= 11 is 0. The third kappa shape index (κ3) is 5.74. The molecule has 33 heavy (non-hydrogen) atoms. The molecule has 3 aromatic carbocycles. The van der Waals surface area contributed by atoms with Gasteiger partial charge in [0.25, 0.3) is 11.8 Å². The smallest absolute Gasteiger partial charge is 0.279 e. The maximum Gasteiger partial charge on any atom is 0.279 e. The summed E-state index contributed by atoms with van der Waals surface area (Å²) < 4.78 is 33.7. The number of hydrogen-bond acceptors (Lipinski definition) is 3. The van der Waals surface area contributed by atoms with E-state index in [2.05, 4.69) is 5.43 Å². The van der Waals surface area contributed by atoms with Gasteiger partial charge < -0.3 is 4.74 Å². The van der Waals surface area contributed by atoms with Crippen molar-refractivity contribution in [3.05, 3.63) is 89.5 Å². The van der Waals surface area contributed by atoms with E-state index in [0.29, 0.717) is 23.1 Å². The summed E-state index contributed by atoms with van der Waals surface area (Å²) in [5.41, 5.74) is 4.96. The number of hydrazine groups is 1. The van der Waals surface area contributed by atoms with Crippen LogP contribution in [0.1, 0.15) is 36.7 Å². The van der Waals surface area contributed by atoms with Gasteiger partial charge >= 0.3 is 0 Å². The van der Waals surface area contributed by atoms with Gasteiger partial charge in [0.05, 0.1) is 0 Å². The van der Waals surface area contributed by atoms with Gasteiger partial charge in [-0.3, -0.25) is 15.0 Å². The number of amides is 2. The van der Waals surface area contributed by atoms with E-state index < -0.39 is 30.1 Å². The zero-order valence-corrected chi connectivity index (χ0v) is 18.8. The lowest BCUT2D eigenvalue weighted by atomic mass is 9.97. The van der Waals surface area contributed by atoms with E-state index in [1.165, 1.54) is 0 Å². The Bertz CT molecular complexity index is 1130. The molecule has 0 saturated heterocycles. The summed E-state index contributed by atoms with van der Waals surface area (Å²) in [6.07, 6.45) is 0.681. The number of benzene rings is 3. The number of halogens is 2. The fraction of sp³-hybridized carbons (Fsp3) is 0.231. The molecule has 0 aliphatic carbocycles. The molecule has 5 nitrogen and oxygen atoms in total. The van der Waals surface area contributed by atoms with Crippen LogP contribution in [0.2, 0.25) is 0 Å². The third-order valence-electron chi connectivity index (χ3n) is 5.11. The lowest BCUT2D eigenvalue weighted by molar-refractivity contribution is -0.137. The van der Waals surface area contributed by atoms with Gasteiger partial charge in [0, 0.05) is 23.2 Å². The highest BCUT2D eigenvalue weighted by Gasteiger charge is 2.22. The van der Waals surface area contributed by atoms with Gasteiger partial charge in [-0.05, 0) is 49.6 Å². The van der Waals surface area contributed by atoms with E-state index in [-0.39, 0.29) is 11.8 Å². The first-order chi connectivity index (χ1) is 15.8. The summed E-state index contributed by atoms with van der Waals surface area (Å²) in [6, 6.07) is 17.5. The average molecular weight is 453 g/mol. The Labute approximate surface area is 192 Å². The SMILES string of the molecule is CCc1ccccc1-c1cc(F)c(F)cc1OCC(=O)N(NC(=O)c1ccccc1)C(C)C. The zero-order valence-electron chi connectivity index (χ0n) is 18.8. The van der Waals surface area contributed by atoms with Crippen LogP contribution >= 0.6 is 0 Å². The summed E-state index contributed by atoms with van der Waals surface area (Å²) in [7, 11) is 0. The Hall–Kier alpha value is -3.74. The number of carbonyl (C=O) groups is 2.